The predicted octanol–water partition coefficient (Wildman–Crippen LogP) is 4.67. The van der Waals surface area contributed by atoms with E-state index in [1.807, 2.05) is 6.07 Å². The molecule has 8 heteroatoms. The second-order valence-corrected chi connectivity index (χ2v) is 23.8. The molecule has 0 amide bonds. The van der Waals surface area contributed by atoms with Crippen LogP contribution in [0.2, 0.25) is 39.3 Å². The second kappa shape index (κ2) is 7.64. The van der Waals surface area contributed by atoms with Crippen molar-refractivity contribution >= 4 is 40.1 Å². The van der Waals surface area contributed by atoms with Crippen LogP contribution in [0.15, 0.2) is 6.07 Å². The molecule has 0 radical (unpaired) electrons. The molecule has 2 fully saturated rings. The Hall–Kier alpha value is -0.726. The highest BCUT2D eigenvalue weighted by atomic mass is 31.2. The molecule has 0 aromatic heterocycles. The Labute approximate surface area is 194 Å². The van der Waals surface area contributed by atoms with Crippen molar-refractivity contribution in [3.8, 4) is 5.75 Å². The van der Waals surface area contributed by atoms with E-state index in [1.165, 1.54) is 16.3 Å². The summed E-state index contributed by atoms with van der Waals surface area (Å²) in [6, 6.07) is 1.97. The van der Waals surface area contributed by atoms with E-state index >= 15 is 0 Å². The average Bonchev–Trinajstić information content (AvgIpc) is 2.92. The number of phosphoric ester groups is 1. The Balaban J connectivity index is 1.95. The summed E-state index contributed by atoms with van der Waals surface area (Å²) < 4.78 is 17.3. The highest BCUT2D eigenvalue weighted by molar-refractivity contribution is 7.46. The van der Waals surface area contributed by atoms with Gasteiger partial charge in [0.25, 0.3) is 0 Å². The largest absolute Gasteiger partial charge is 0.524 e. The minimum atomic E-state index is -4.65. The highest BCUT2D eigenvalue weighted by Gasteiger charge is 2.55. The molecular formula is C24H39O5PSi2. The van der Waals surface area contributed by atoms with Crippen molar-refractivity contribution < 1.29 is 23.7 Å². The van der Waals surface area contributed by atoms with E-state index in [0.717, 1.165) is 43.7 Å². The van der Waals surface area contributed by atoms with Crippen molar-refractivity contribution in [2.75, 3.05) is 0 Å². The molecule has 1 aromatic carbocycles. The molecule has 1 aromatic rings. The fourth-order valence-corrected chi connectivity index (χ4v) is 13.7. The van der Waals surface area contributed by atoms with E-state index in [0.29, 0.717) is 29.3 Å². The van der Waals surface area contributed by atoms with E-state index < -0.39 is 24.0 Å². The first-order chi connectivity index (χ1) is 14.5. The van der Waals surface area contributed by atoms with Crippen molar-refractivity contribution in [3.63, 3.8) is 0 Å². The fourth-order valence-electron chi connectivity index (χ4n) is 7.22. The lowest BCUT2D eigenvalue weighted by molar-refractivity contribution is -0.129. The van der Waals surface area contributed by atoms with Gasteiger partial charge >= 0.3 is 7.82 Å². The second-order valence-electron chi connectivity index (χ2n) is 12.6. The number of phosphoric acid groups is 1. The Morgan fingerprint density at radius 1 is 1.00 bits per heavy atom. The van der Waals surface area contributed by atoms with E-state index in [-0.39, 0.29) is 5.41 Å². The van der Waals surface area contributed by atoms with Gasteiger partial charge in [-0.1, -0.05) is 51.4 Å². The number of hydrogen-bond acceptors (Lipinski definition) is 3. The van der Waals surface area contributed by atoms with Gasteiger partial charge < -0.3 is 4.52 Å². The molecule has 3 aliphatic rings. The first-order valence-electron chi connectivity index (χ1n) is 12.0. The van der Waals surface area contributed by atoms with Gasteiger partial charge in [0.1, 0.15) is 11.5 Å². The molecule has 0 heterocycles. The van der Waals surface area contributed by atoms with Gasteiger partial charge in [0.05, 0.1) is 16.1 Å². The van der Waals surface area contributed by atoms with Crippen molar-refractivity contribution in [3.05, 3.63) is 17.2 Å². The molecule has 2 saturated carbocycles. The van der Waals surface area contributed by atoms with Crippen LogP contribution >= 0.6 is 7.82 Å². The highest BCUT2D eigenvalue weighted by Crippen LogP contribution is 2.59. The van der Waals surface area contributed by atoms with E-state index in [1.54, 1.807) is 0 Å². The van der Waals surface area contributed by atoms with Crippen LogP contribution in [0.1, 0.15) is 56.1 Å². The monoisotopic (exact) mass is 494 g/mol. The predicted molar refractivity (Wildman–Crippen MR) is 135 cm³/mol. The summed E-state index contributed by atoms with van der Waals surface area (Å²) in [4.78, 5) is 32.1. The molecule has 0 unspecified atom stereocenters. The van der Waals surface area contributed by atoms with Crippen molar-refractivity contribution in [1.82, 2.24) is 0 Å². The minimum Gasteiger partial charge on any atom is -0.404 e. The average molecular weight is 495 g/mol. The molecule has 32 heavy (non-hydrogen) atoms. The summed E-state index contributed by atoms with van der Waals surface area (Å²) in [5.74, 6) is 2.33. The molecular weight excluding hydrogens is 455 g/mol. The maximum atomic E-state index is 12.8. The van der Waals surface area contributed by atoms with Gasteiger partial charge in [0, 0.05) is 11.8 Å². The van der Waals surface area contributed by atoms with Crippen LogP contribution in [0, 0.1) is 17.3 Å². The first-order valence-corrected chi connectivity index (χ1v) is 20.6. The first kappa shape index (κ1) is 24.4. The molecule has 3 aliphatic carbocycles. The number of aryl methyl sites for hydroxylation is 1. The Morgan fingerprint density at radius 3 is 2.19 bits per heavy atom. The summed E-state index contributed by atoms with van der Waals surface area (Å²) in [6.07, 6.45) is 5.71. The van der Waals surface area contributed by atoms with Crippen LogP contribution in [-0.4, -0.2) is 31.7 Å². The summed E-state index contributed by atoms with van der Waals surface area (Å²) in [5.41, 5.74) is 2.54. The van der Waals surface area contributed by atoms with Gasteiger partial charge in [0.2, 0.25) is 0 Å². The molecule has 178 valence electrons. The van der Waals surface area contributed by atoms with Crippen LogP contribution in [0.25, 0.3) is 0 Å². The van der Waals surface area contributed by atoms with Gasteiger partial charge in [-0.2, -0.15) is 0 Å². The van der Waals surface area contributed by atoms with Gasteiger partial charge in [-0.05, 0) is 72.2 Å². The van der Waals surface area contributed by atoms with Gasteiger partial charge in [-0.3, -0.25) is 14.6 Å². The molecule has 0 aliphatic heterocycles. The standard InChI is InChI=1S/C24H39O5PSi2/c1-24-13-12-17-16(18(24)10-11-20(24)25)9-8-15-14-19(29-30(26,27)28)22(31(2,3)4)23(21(15)17)32(5,6)7/h14,16-18H,8-13H2,1-7H3,(H2,26,27,28)/t16-,17+,18+,24+/m1/s1. The van der Waals surface area contributed by atoms with E-state index in [9.17, 15) is 19.1 Å². The van der Waals surface area contributed by atoms with Crippen LogP contribution in [0.4, 0.5) is 0 Å². The number of benzene rings is 1. The van der Waals surface area contributed by atoms with Crippen LogP contribution in [0.5, 0.6) is 5.75 Å². The van der Waals surface area contributed by atoms with Crippen molar-refractivity contribution in [2.45, 2.75) is 90.6 Å². The topological polar surface area (TPSA) is 83.8 Å². The van der Waals surface area contributed by atoms with Crippen LogP contribution < -0.4 is 14.9 Å². The lowest BCUT2D eigenvalue weighted by Gasteiger charge is -2.50. The molecule has 0 bridgehead atoms. The number of rotatable bonds is 4. The van der Waals surface area contributed by atoms with Gasteiger partial charge in [-0.15, -0.1) is 0 Å². The number of carbonyl (C=O) groups excluding carboxylic acids is 1. The third-order valence-corrected chi connectivity index (χ3v) is 13.1. The lowest BCUT2D eigenvalue weighted by Crippen LogP contribution is -2.60. The molecule has 0 spiro atoms. The van der Waals surface area contributed by atoms with Crippen LogP contribution in [0.3, 0.4) is 0 Å². The maximum absolute atomic E-state index is 12.8. The van der Waals surface area contributed by atoms with Crippen molar-refractivity contribution in [2.24, 2.45) is 17.3 Å². The SMILES string of the molecule is C[C@]12CC[C@@H]3c4c(cc(OP(=O)(O)O)c([Si](C)(C)C)c4[Si](C)(C)C)CC[C@H]3[C@@H]1CCC2=O. The molecule has 5 nitrogen and oxygen atoms in total. The fraction of sp³-hybridized carbons (Fsp3) is 0.708. The number of carbonyl (C=O) groups is 1. The number of fused-ring (bicyclic) bond motifs is 5. The Morgan fingerprint density at radius 2 is 1.62 bits per heavy atom. The number of ketones is 1. The number of hydrogen-bond donors (Lipinski definition) is 2. The smallest absolute Gasteiger partial charge is 0.404 e. The molecule has 4 rings (SSSR count). The third kappa shape index (κ3) is 4.02. The van der Waals surface area contributed by atoms with Gasteiger partial charge in [-0.25, -0.2) is 4.57 Å². The summed E-state index contributed by atoms with van der Waals surface area (Å²) in [6.45, 7) is 16.0. The summed E-state index contributed by atoms with van der Waals surface area (Å²) in [5, 5.41) is 2.50. The lowest BCUT2D eigenvalue weighted by atomic mass is 9.55. The Kier molecular flexibility index (Phi) is 5.83. The maximum Gasteiger partial charge on any atom is 0.524 e. The molecule has 2 N–H and O–H groups in total. The zero-order chi connectivity index (χ0) is 23.9. The minimum absolute atomic E-state index is 0.150. The molecule has 0 saturated heterocycles. The zero-order valence-corrected chi connectivity index (χ0v) is 23.5. The molecule has 4 atom stereocenters. The normalized spacial score (nSPS) is 30.5. The summed E-state index contributed by atoms with van der Waals surface area (Å²) in [7, 11) is -8.52. The van der Waals surface area contributed by atoms with Crippen molar-refractivity contribution in [1.29, 1.82) is 0 Å². The quantitative estimate of drug-likeness (QED) is 0.469. The third-order valence-electron chi connectivity index (χ3n) is 8.40. The van der Waals surface area contributed by atoms with E-state index in [2.05, 4.69) is 46.2 Å². The number of Topliss-reactive ketones (excluding diaryl/α,β-unsaturated/α-hetero) is 1. The van der Waals surface area contributed by atoms with Gasteiger partial charge in [0.15, 0.2) is 0 Å². The zero-order valence-electron chi connectivity index (χ0n) is 20.6. The Bertz CT molecular complexity index is 1000. The summed E-state index contributed by atoms with van der Waals surface area (Å²) >= 11 is 0. The van der Waals surface area contributed by atoms with E-state index in [4.69, 9.17) is 4.52 Å². The van der Waals surface area contributed by atoms with Crippen LogP contribution in [-0.2, 0) is 15.8 Å².